The number of allylic oxidation sites excluding steroid dienone is 2. The summed E-state index contributed by atoms with van der Waals surface area (Å²) in [4.78, 5) is 0. The fraction of sp³-hybridized carbons (Fsp3) is 0.962. The van der Waals surface area contributed by atoms with Crippen molar-refractivity contribution in [3.05, 3.63) is 23.3 Å². The molecule has 8 aliphatic carbocycles. The molecule has 15 aliphatic rings. The van der Waals surface area contributed by atoms with Crippen LogP contribution in [0.25, 0.3) is 0 Å². The fourth-order valence-electron chi connectivity index (χ4n) is 30.0. The number of rotatable bonds is 31. The lowest BCUT2D eigenvalue weighted by Crippen LogP contribution is -2.67. The monoisotopic (exact) mass is 2080 g/mol. The summed E-state index contributed by atoms with van der Waals surface area (Å²) < 4.78 is 83.7. The molecular weight excluding hydrogens is 1910 g/mol. The van der Waals surface area contributed by atoms with Crippen LogP contribution in [0.4, 0.5) is 0 Å². The van der Waals surface area contributed by atoms with E-state index in [1.165, 1.54) is 31.9 Å². The lowest BCUT2D eigenvalue weighted by molar-refractivity contribution is -0.391. The number of ether oxygens (including phenoxy) is 14. The molecule has 15 rings (SSSR count). The van der Waals surface area contributed by atoms with Gasteiger partial charge in [0.05, 0.1) is 106 Å². The Morgan fingerprint density at radius 3 is 0.959 bits per heavy atom. The van der Waals surface area contributed by atoms with Crippen molar-refractivity contribution in [2.45, 2.75) is 478 Å². The zero-order chi connectivity index (χ0) is 107. The molecule has 7 heterocycles. The highest BCUT2D eigenvalue weighted by Crippen LogP contribution is 2.77. The van der Waals surface area contributed by atoms with E-state index in [1.807, 2.05) is 0 Å². The van der Waals surface area contributed by atoms with Crippen molar-refractivity contribution in [3.8, 4) is 0 Å². The van der Waals surface area contributed by atoms with Gasteiger partial charge in [0.15, 0.2) is 44.0 Å². The molecule has 0 aromatic rings. The Labute approximate surface area is 850 Å². The first-order valence-electron chi connectivity index (χ1n) is 53.2. The Kier molecular flexibility index (Phi) is 36.8. The van der Waals surface area contributed by atoms with Crippen LogP contribution in [0.3, 0.4) is 0 Å². The lowest BCUT2D eigenvalue weighted by atomic mass is 9.38. The van der Waals surface area contributed by atoms with Crippen molar-refractivity contribution < 1.29 is 204 Å². The molecule has 41 nitrogen and oxygen atoms in total. The topological polar surface area (TPSA) is 675 Å². The Bertz CT molecular complexity index is 4250. The zero-order valence-corrected chi connectivity index (χ0v) is 87.5. The Balaban J connectivity index is 0.000000232. The molecule has 145 heavy (non-hydrogen) atoms. The summed E-state index contributed by atoms with van der Waals surface area (Å²) in [5, 5.41) is 296. The second-order valence-electron chi connectivity index (χ2n) is 49.7. The van der Waals surface area contributed by atoms with Gasteiger partial charge in [-0.1, -0.05) is 120 Å². The van der Waals surface area contributed by atoms with Crippen molar-refractivity contribution in [2.75, 3.05) is 46.2 Å². The van der Waals surface area contributed by atoms with E-state index in [1.54, 1.807) is 20.8 Å². The molecule has 27 N–H and O–H groups in total. The molecule has 41 heteroatoms. The van der Waals surface area contributed by atoms with E-state index in [0.29, 0.717) is 44.9 Å². The predicted octanol–water partition coefficient (Wildman–Crippen LogP) is -1.74. The van der Waals surface area contributed by atoms with Gasteiger partial charge in [-0.25, -0.2) is 0 Å². The number of hydrogen-bond acceptors (Lipinski definition) is 41. The molecule has 0 aromatic heterocycles. The number of aliphatic hydroxyl groups is 27. The second-order valence-corrected chi connectivity index (χ2v) is 49.7. The van der Waals surface area contributed by atoms with E-state index in [0.717, 1.165) is 51.4 Å². The van der Waals surface area contributed by atoms with Crippen LogP contribution in [0.2, 0.25) is 0 Å². The van der Waals surface area contributed by atoms with Crippen LogP contribution in [-0.4, -0.2) is 435 Å². The predicted molar refractivity (Wildman–Crippen MR) is 509 cm³/mol. The molecule has 6 saturated carbocycles. The van der Waals surface area contributed by atoms with E-state index >= 15 is 0 Å². The summed E-state index contributed by atoms with van der Waals surface area (Å²) >= 11 is 0. The van der Waals surface area contributed by atoms with Crippen LogP contribution in [0.15, 0.2) is 23.3 Å². The quantitative estimate of drug-likeness (QED) is 0.0343. The highest BCUT2D eigenvalue weighted by atomic mass is 16.8. The minimum Gasteiger partial charge on any atom is -0.394 e. The van der Waals surface area contributed by atoms with E-state index in [2.05, 4.69) is 95.2 Å². The van der Waals surface area contributed by atoms with Crippen LogP contribution < -0.4 is 0 Å². The molecule has 0 spiro atoms. The molecule has 0 bridgehead atoms. The average Bonchev–Trinajstić information content (AvgIpc) is 1.52. The largest absolute Gasteiger partial charge is 0.394 e. The fourth-order valence-corrected chi connectivity index (χ4v) is 30.0. The van der Waals surface area contributed by atoms with Crippen LogP contribution in [0.5, 0.6) is 0 Å². The maximum atomic E-state index is 12.5. The van der Waals surface area contributed by atoms with Gasteiger partial charge in [0.25, 0.3) is 0 Å². The first-order valence-corrected chi connectivity index (χ1v) is 53.2. The van der Waals surface area contributed by atoms with Crippen LogP contribution >= 0.6 is 0 Å². The summed E-state index contributed by atoms with van der Waals surface area (Å²) in [7, 11) is 0. The van der Waals surface area contributed by atoms with E-state index in [9.17, 15) is 138 Å². The molecule has 55 atom stereocenters. The molecule has 7 aliphatic heterocycles. The van der Waals surface area contributed by atoms with Gasteiger partial charge in [-0.2, -0.15) is 0 Å². The van der Waals surface area contributed by atoms with Crippen molar-refractivity contribution >= 4 is 0 Å². The third kappa shape index (κ3) is 21.4. The third-order valence-corrected chi connectivity index (χ3v) is 40.2. The number of hydrogen-bond donors (Lipinski definition) is 27. The van der Waals surface area contributed by atoms with Gasteiger partial charge in [0, 0.05) is 33.5 Å². The average molecular weight is 2080 g/mol. The molecule has 0 aromatic carbocycles. The maximum absolute atomic E-state index is 12.5. The second kappa shape index (κ2) is 45.1. The first-order chi connectivity index (χ1) is 67.6. The number of aliphatic hydroxyl groups excluding tert-OH is 25. The van der Waals surface area contributed by atoms with Gasteiger partial charge >= 0.3 is 0 Å². The number of fused-ring (bicyclic) bond motifs is 10. The van der Waals surface area contributed by atoms with Crippen molar-refractivity contribution in [1.82, 2.24) is 0 Å². The summed E-state index contributed by atoms with van der Waals surface area (Å²) in [5.41, 5.74) is -2.73. The molecule has 0 amide bonds. The van der Waals surface area contributed by atoms with Gasteiger partial charge in [-0.05, 0) is 199 Å². The lowest BCUT2D eigenvalue weighted by Gasteiger charge is -2.67. The molecule has 7 saturated heterocycles. The Morgan fingerprint density at radius 1 is 0.324 bits per heavy atom. The summed E-state index contributed by atoms with van der Waals surface area (Å²) in [6, 6.07) is 0. The van der Waals surface area contributed by atoms with Crippen LogP contribution in [0, 0.1) is 102 Å². The van der Waals surface area contributed by atoms with Crippen LogP contribution in [-0.2, 0) is 66.3 Å². The minimum atomic E-state index is -2.06. The van der Waals surface area contributed by atoms with Crippen LogP contribution in [0.1, 0.15) is 227 Å². The molecule has 6 unspecified atom stereocenters. The molecule has 840 valence electrons. The molecular formula is C104H178O41. The molecule has 13 fully saturated rings. The van der Waals surface area contributed by atoms with E-state index in [4.69, 9.17) is 66.3 Å². The maximum Gasteiger partial charge on any atom is 0.187 e. The van der Waals surface area contributed by atoms with Gasteiger partial charge in [-0.3, -0.25) is 0 Å². The SMILES string of the molecule is C[C@@H]1[C@@H](O)[C@@H](OC[C@H]2O[C@@H](O[C@H](CC[C@@H](C)C3CC[C@@]4(C)C5CC=C6C(CC[C@H](O)C6(C)C)[C@]5(C)[C@H](O)C[C@]34C)C(C)(C)O)[C@H](O[C@@H]3O[C@H](CO)[C@@H](O)[C@H](O)[C@H]3O)[C@@H](O)[C@@H]2O)O[C@H](CO)[C@H]1O.C[C@@H]1[C@@H](O)[C@@H](OC[C@H]2O[C@@H](O[C@H](CC[C@@H](C)C3CC[C@@]4(C)C5CC=C6C(CC[C@H](O)C6(C)C)[C@]5(C)[C@H](O)C[C@]34C)C(C)(C)O)[C@H](O[C@@H]3O[C@H](CO)[C@@H](O[C@H]4O[C@H](CO)[C@@H](O)[C@H](O)[C@H]4O)[C@H](O)[C@H]3O)[C@@H](O)[C@@H]2O)O[C@H](CO)[C@H]1O. The van der Waals surface area contributed by atoms with Gasteiger partial charge in [0.1, 0.15) is 146 Å². The summed E-state index contributed by atoms with van der Waals surface area (Å²) in [6.45, 7) is 31.6. The third-order valence-electron chi connectivity index (χ3n) is 40.2. The van der Waals surface area contributed by atoms with E-state index in [-0.39, 0.29) is 97.1 Å². The summed E-state index contributed by atoms with van der Waals surface area (Å²) in [6.07, 6.45) is -41.6. The van der Waals surface area contributed by atoms with Gasteiger partial charge in [0.2, 0.25) is 0 Å². The normalized spacial score (nSPS) is 51.2. The van der Waals surface area contributed by atoms with Gasteiger partial charge in [-0.15, -0.1) is 0 Å². The van der Waals surface area contributed by atoms with Crippen molar-refractivity contribution in [3.63, 3.8) is 0 Å². The summed E-state index contributed by atoms with van der Waals surface area (Å²) in [5.74, 6) is -0.277. The van der Waals surface area contributed by atoms with Crippen molar-refractivity contribution in [2.24, 2.45) is 102 Å². The van der Waals surface area contributed by atoms with Gasteiger partial charge < -0.3 is 204 Å². The Hall–Kier alpha value is -2.16. The van der Waals surface area contributed by atoms with E-state index < -0.39 is 309 Å². The van der Waals surface area contributed by atoms with Crippen molar-refractivity contribution in [1.29, 1.82) is 0 Å². The highest BCUT2D eigenvalue weighted by Gasteiger charge is 2.74. The standard InChI is InChI=1S/C55H94O23.C49H84O18/c1-23(25-16-17-53(7)32-13-11-26-27(12-14-33(59)51(26,3)4)55(32,9)34(60)18-54(25,53)8)10-15-35(52(5,6)70)76-50-46(41(66)39(64)31(75-50)22-71-47-37(62)24(2)36(61)28(19-56)72-47)78-49-44(69)42(67)45(30(21-58)74-49)77-48-43(68)40(65)38(63)29(20-57)73-48;1-22(24-16-17-47(7)30-13-11-25-26(12-14-31(52)45(25,3)4)49(30,9)32(53)18-48(24,47)8)10-15-33(46(5,6)61)66-44-41(67-43-40(60)38(58)36(56)28(20-51)64-43)39(59)37(57)29(65-44)21-62-42-35(55)23(2)34(54)27(19-50)63-42/h11,23-25,27-50,56-70H,10,12-22H2,1-9H3;11,22-24,26-44,50-61H,10,12-21H2,1-9H3/t23-,24+,25?,27?,28-,29-,30-,31-,32?,33+,34-,35-,36+,37-,38-,39-,40+,41+,42-,43-,44-,45-,46-,47+,48-,49+,50+,53+,54-,55+;22-,23+,24?,26?,27-,28-,29-,30?,31+,32-,33-,34+,35-,36-,37-,38+,39+,40-,41-,42+,43+,44+,47+,48-,49+/m11/s1. The Morgan fingerprint density at radius 2 is 0.621 bits per heavy atom. The molecule has 0 radical (unpaired) electrons. The highest BCUT2D eigenvalue weighted by molar-refractivity contribution is 5.34. The zero-order valence-electron chi connectivity index (χ0n) is 87.5. The minimum absolute atomic E-state index is 0.0413. The first kappa shape index (κ1) is 118. The smallest absolute Gasteiger partial charge is 0.187 e.